The zero-order valence-electron chi connectivity index (χ0n) is 9.48. The highest BCUT2D eigenvalue weighted by molar-refractivity contribution is 8.03. The Morgan fingerprint density at radius 2 is 1.94 bits per heavy atom. The quantitative estimate of drug-likeness (QED) is 0.650. The summed E-state index contributed by atoms with van der Waals surface area (Å²) in [6, 6.07) is 9.32. The van der Waals surface area contributed by atoms with E-state index in [1.54, 1.807) is 6.08 Å². The van der Waals surface area contributed by atoms with Crippen LogP contribution in [0.5, 0.6) is 0 Å². The molecule has 18 heavy (non-hydrogen) atoms. The minimum Gasteiger partial charge on any atom is -0.349 e. The van der Waals surface area contributed by atoms with Crippen molar-refractivity contribution in [1.29, 1.82) is 10.5 Å². The van der Waals surface area contributed by atoms with E-state index in [1.807, 2.05) is 12.1 Å². The summed E-state index contributed by atoms with van der Waals surface area (Å²) in [4.78, 5) is 0. The van der Waals surface area contributed by atoms with Crippen molar-refractivity contribution in [2.45, 2.75) is 0 Å². The molecule has 90 valence electrons. The van der Waals surface area contributed by atoms with Gasteiger partial charge >= 0.3 is 0 Å². The summed E-state index contributed by atoms with van der Waals surface area (Å²) in [5, 5.41) is 21.1. The number of nitrogens with zero attached hydrogens (tertiary/aromatic N) is 2. The molecule has 0 fully saturated rings. The topological polar surface area (TPSA) is 59.6 Å². The highest BCUT2D eigenvalue weighted by Crippen LogP contribution is 2.22. The van der Waals surface area contributed by atoms with Gasteiger partial charge in [0.2, 0.25) is 0 Å². The van der Waals surface area contributed by atoms with Gasteiger partial charge in [-0.05, 0) is 24.3 Å². The van der Waals surface area contributed by atoms with Crippen molar-refractivity contribution in [3.63, 3.8) is 0 Å². The average molecular weight is 259 g/mol. The van der Waals surface area contributed by atoms with E-state index in [2.05, 4.69) is 11.9 Å². The van der Waals surface area contributed by atoms with E-state index in [0.717, 1.165) is 0 Å². The monoisotopic (exact) mass is 259 g/mol. The summed E-state index contributed by atoms with van der Waals surface area (Å²) in [5.74, 6) is 0.224. The molecule has 0 radical (unpaired) electrons. The first-order valence-electron chi connectivity index (χ1n) is 5.02. The summed E-state index contributed by atoms with van der Waals surface area (Å²) >= 11 is 1.29. The summed E-state index contributed by atoms with van der Waals surface area (Å²) < 4.78 is 12.8. The Bertz CT molecular complexity index is 519. The summed E-state index contributed by atoms with van der Waals surface area (Å²) in [5.41, 5.74) is 0.608. The number of anilines is 1. The number of halogens is 1. The van der Waals surface area contributed by atoms with Gasteiger partial charge in [-0.25, -0.2) is 4.39 Å². The van der Waals surface area contributed by atoms with E-state index >= 15 is 0 Å². The van der Waals surface area contributed by atoms with Crippen molar-refractivity contribution in [1.82, 2.24) is 0 Å². The highest BCUT2D eigenvalue weighted by atomic mass is 32.2. The fraction of sp³-hybridized carbons (Fsp3) is 0.0769. The molecule has 5 heteroatoms. The molecule has 1 aromatic carbocycles. The lowest BCUT2D eigenvalue weighted by atomic mass is 10.3. The number of rotatable bonds is 5. The Balaban J connectivity index is 2.96. The van der Waals surface area contributed by atoms with Crippen molar-refractivity contribution in [3.8, 4) is 12.1 Å². The second kappa shape index (κ2) is 7.16. The Hall–Kier alpha value is -2.24. The summed E-state index contributed by atoms with van der Waals surface area (Å²) in [6.45, 7) is 3.58. The van der Waals surface area contributed by atoms with Crippen LogP contribution in [0.3, 0.4) is 0 Å². The molecule has 3 nitrogen and oxygen atoms in total. The first kappa shape index (κ1) is 13.8. The van der Waals surface area contributed by atoms with E-state index in [0.29, 0.717) is 16.5 Å². The number of benzene rings is 1. The lowest BCUT2D eigenvalue weighted by Crippen LogP contribution is -2.00. The van der Waals surface area contributed by atoms with Crippen LogP contribution in [0.2, 0.25) is 0 Å². The molecule has 0 heterocycles. The maximum Gasteiger partial charge on any atom is 0.159 e. The lowest BCUT2D eigenvalue weighted by molar-refractivity contribution is 0.628. The summed E-state index contributed by atoms with van der Waals surface area (Å²) in [6.07, 6.45) is 1.67. The third-order valence-electron chi connectivity index (χ3n) is 1.90. The molecule has 1 N–H and O–H groups in total. The molecule has 0 aliphatic heterocycles. The fourth-order valence-electron chi connectivity index (χ4n) is 1.10. The van der Waals surface area contributed by atoms with Crippen molar-refractivity contribution >= 4 is 17.4 Å². The van der Waals surface area contributed by atoms with E-state index in [9.17, 15) is 4.39 Å². The van der Waals surface area contributed by atoms with Gasteiger partial charge < -0.3 is 5.32 Å². The number of nitrogens with one attached hydrogen (secondary N) is 1. The molecule has 0 spiro atoms. The third-order valence-corrected chi connectivity index (χ3v) is 2.90. The van der Waals surface area contributed by atoms with Gasteiger partial charge in [0.1, 0.15) is 23.0 Å². The molecule has 0 saturated heterocycles. The smallest absolute Gasteiger partial charge is 0.159 e. The van der Waals surface area contributed by atoms with Gasteiger partial charge in [-0.15, -0.1) is 18.3 Å². The second-order valence-electron chi connectivity index (χ2n) is 3.16. The molecule has 1 rings (SSSR count). The number of nitriles is 2. The Morgan fingerprint density at radius 1 is 1.33 bits per heavy atom. The molecule has 0 aliphatic carbocycles. The molecule has 0 atom stereocenters. The predicted molar refractivity (Wildman–Crippen MR) is 70.9 cm³/mol. The molecular weight excluding hydrogens is 249 g/mol. The van der Waals surface area contributed by atoms with E-state index in [1.165, 1.54) is 36.0 Å². The van der Waals surface area contributed by atoms with Crippen LogP contribution in [0.25, 0.3) is 0 Å². The van der Waals surface area contributed by atoms with Crippen molar-refractivity contribution in [2.75, 3.05) is 11.1 Å². The van der Waals surface area contributed by atoms with Crippen molar-refractivity contribution in [2.24, 2.45) is 0 Å². The van der Waals surface area contributed by atoms with Crippen LogP contribution < -0.4 is 5.32 Å². The van der Waals surface area contributed by atoms with Crippen LogP contribution in [0, 0.1) is 28.5 Å². The van der Waals surface area contributed by atoms with Gasteiger partial charge in [0.15, 0.2) is 5.57 Å². The van der Waals surface area contributed by atoms with E-state index in [4.69, 9.17) is 10.5 Å². The van der Waals surface area contributed by atoms with Gasteiger partial charge in [-0.2, -0.15) is 10.5 Å². The first-order valence-corrected chi connectivity index (χ1v) is 6.00. The normalized spacial score (nSPS) is 8.83. The zero-order valence-corrected chi connectivity index (χ0v) is 10.3. The molecule has 0 aromatic heterocycles. The van der Waals surface area contributed by atoms with Gasteiger partial charge in [0, 0.05) is 11.4 Å². The fourth-order valence-corrected chi connectivity index (χ4v) is 1.81. The Labute approximate surface area is 109 Å². The summed E-state index contributed by atoms with van der Waals surface area (Å²) in [7, 11) is 0. The van der Waals surface area contributed by atoms with E-state index < -0.39 is 0 Å². The van der Waals surface area contributed by atoms with Crippen LogP contribution in [0.4, 0.5) is 10.1 Å². The predicted octanol–water partition coefficient (Wildman–Crippen LogP) is 3.42. The van der Waals surface area contributed by atoms with Gasteiger partial charge in [-0.3, -0.25) is 0 Å². The molecule has 0 amide bonds. The molecule has 1 aromatic rings. The van der Waals surface area contributed by atoms with Gasteiger partial charge in [0.25, 0.3) is 0 Å². The largest absolute Gasteiger partial charge is 0.349 e. The second-order valence-corrected chi connectivity index (χ2v) is 4.19. The van der Waals surface area contributed by atoms with Crippen LogP contribution >= 0.6 is 11.8 Å². The lowest BCUT2D eigenvalue weighted by Gasteiger charge is -2.09. The van der Waals surface area contributed by atoms with E-state index in [-0.39, 0.29) is 11.4 Å². The number of hydrogen-bond acceptors (Lipinski definition) is 4. The van der Waals surface area contributed by atoms with Crippen LogP contribution in [-0.4, -0.2) is 5.75 Å². The van der Waals surface area contributed by atoms with Gasteiger partial charge in [0.05, 0.1) is 0 Å². The molecule has 0 saturated carbocycles. The maximum atomic E-state index is 12.8. The molecule has 0 bridgehead atoms. The minimum atomic E-state index is -0.342. The van der Waals surface area contributed by atoms with Crippen molar-refractivity contribution in [3.05, 3.63) is 53.3 Å². The number of thioether (sulfide) groups is 1. The van der Waals surface area contributed by atoms with Gasteiger partial charge in [-0.1, -0.05) is 6.08 Å². The Morgan fingerprint density at radius 3 is 2.44 bits per heavy atom. The number of hydrogen-bond donors (Lipinski definition) is 1. The third kappa shape index (κ3) is 3.97. The highest BCUT2D eigenvalue weighted by Gasteiger charge is 2.07. The zero-order chi connectivity index (χ0) is 13.4. The van der Waals surface area contributed by atoms with Crippen LogP contribution in [0.1, 0.15) is 0 Å². The van der Waals surface area contributed by atoms with Crippen molar-refractivity contribution < 1.29 is 4.39 Å². The van der Waals surface area contributed by atoms with Crippen LogP contribution in [0.15, 0.2) is 47.5 Å². The maximum absolute atomic E-state index is 12.8. The minimum absolute atomic E-state index is 0.00817. The van der Waals surface area contributed by atoms with Crippen LogP contribution in [-0.2, 0) is 0 Å². The standard InChI is InChI=1S/C13H10FN3S/c1-2-7-18-13(10(8-15)9-16)17-12-5-3-11(14)4-6-12/h2-6,17H,1,7H2. The molecular formula is C13H10FN3S. The SMILES string of the molecule is C=CCSC(Nc1ccc(F)cc1)=C(C#N)C#N. The first-order chi connectivity index (χ1) is 8.71. The Kier molecular flexibility index (Phi) is 5.50. The molecule has 0 unspecified atom stereocenters. The molecule has 0 aliphatic rings. The average Bonchev–Trinajstić information content (AvgIpc) is 2.39. The number of allylic oxidation sites excluding steroid dienone is 1.